The zero-order chi connectivity index (χ0) is 25.6. The van der Waals surface area contributed by atoms with Crippen LogP contribution >= 0.6 is 11.6 Å². The van der Waals surface area contributed by atoms with Gasteiger partial charge in [0, 0.05) is 30.2 Å². The van der Waals surface area contributed by atoms with E-state index < -0.39 is 11.2 Å². The lowest BCUT2D eigenvalue weighted by atomic mass is 10.1. The van der Waals surface area contributed by atoms with Gasteiger partial charge >= 0.3 is 5.69 Å². The van der Waals surface area contributed by atoms with E-state index in [1.54, 1.807) is 28.6 Å². The molecule has 0 saturated heterocycles. The van der Waals surface area contributed by atoms with Gasteiger partial charge in [0.25, 0.3) is 5.56 Å². The van der Waals surface area contributed by atoms with Crippen molar-refractivity contribution in [3.05, 3.63) is 68.2 Å². The summed E-state index contributed by atoms with van der Waals surface area (Å²) in [5, 5.41) is 23.9. The predicted molar refractivity (Wildman–Crippen MR) is 135 cm³/mol. The molecular formula is C24H22ClN9O2. The Bertz CT molecular complexity index is 1790. The summed E-state index contributed by atoms with van der Waals surface area (Å²) in [4.78, 5) is 31.2. The van der Waals surface area contributed by atoms with Gasteiger partial charge in [0.05, 0.1) is 18.1 Å². The first-order valence-electron chi connectivity index (χ1n) is 11.3. The van der Waals surface area contributed by atoms with Gasteiger partial charge in [0.15, 0.2) is 11.5 Å². The minimum Gasteiger partial charge on any atom is -0.315 e. The van der Waals surface area contributed by atoms with Crippen LogP contribution in [0.3, 0.4) is 0 Å². The lowest BCUT2D eigenvalue weighted by Gasteiger charge is -2.11. The van der Waals surface area contributed by atoms with Crippen LogP contribution in [0.5, 0.6) is 0 Å². The average Bonchev–Trinajstić information content (AvgIpc) is 3.42. The maximum atomic E-state index is 13.6. The molecule has 36 heavy (non-hydrogen) atoms. The van der Waals surface area contributed by atoms with Crippen LogP contribution in [0.25, 0.3) is 33.5 Å². The molecule has 0 spiro atoms. The van der Waals surface area contributed by atoms with Crippen LogP contribution < -0.4 is 11.2 Å². The van der Waals surface area contributed by atoms with Gasteiger partial charge in [-0.3, -0.25) is 19.0 Å². The normalized spacial score (nSPS) is 11.6. The molecular weight excluding hydrogens is 482 g/mol. The van der Waals surface area contributed by atoms with Gasteiger partial charge in [0.1, 0.15) is 24.0 Å². The molecule has 4 aromatic heterocycles. The molecule has 0 aliphatic rings. The molecule has 0 saturated carbocycles. The second-order valence-electron chi connectivity index (χ2n) is 8.94. The molecule has 0 bridgehead atoms. The first-order chi connectivity index (χ1) is 17.3. The molecule has 0 atom stereocenters. The molecule has 1 aromatic carbocycles. The number of rotatable bonds is 6. The minimum atomic E-state index is -0.594. The zero-order valence-corrected chi connectivity index (χ0v) is 20.6. The van der Waals surface area contributed by atoms with Crippen LogP contribution in [0.1, 0.15) is 19.4 Å². The number of hydrogen-bond acceptors (Lipinski definition) is 7. The maximum Gasteiger partial charge on any atom is 0.333 e. The summed E-state index contributed by atoms with van der Waals surface area (Å²) < 4.78 is 5.73. The second kappa shape index (κ2) is 9.05. The summed E-state index contributed by atoms with van der Waals surface area (Å²) in [6.07, 6.45) is 3.23. The van der Waals surface area contributed by atoms with E-state index in [2.05, 4.69) is 15.2 Å². The summed E-state index contributed by atoms with van der Waals surface area (Å²) in [5.74, 6) is 0.498. The number of pyridine rings is 1. The lowest BCUT2D eigenvalue weighted by molar-refractivity contribution is 0.494. The van der Waals surface area contributed by atoms with E-state index in [1.807, 2.05) is 38.1 Å². The zero-order valence-electron chi connectivity index (χ0n) is 19.9. The standard InChI is InChI=1S/C24H22ClN9O2/c1-14(2)11-33-21-19(23(35)32(9-7-26)24(33)36)20(22-29-28-13-31(22)3)34(30-21)12-15-6-8-27-18-5-4-16(25)10-17(15)18/h4-6,8,10,13-14H,9,11-12H2,1-3H3. The van der Waals surface area contributed by atoms with Crippen molar-refractivity contribution in [2.24, 2.45) is 13.0 Å². The highest BCUT2D eigenvalue weighted by atomic mass is 35.5. The highest BCUT2D eigenvalue weighted by molar-refractivity contribution is 6.31. The van der Waals surface area contributed by atoms with Crippen molar-refractivity contribution in [1.82, 2.24) is 38.7 Å². The Balaban J connectivity index is 1.87. The third-order valence-electron chi connectivity index (χ3n) is 5.92. The first kappa shape index (κ1) is 23.4. The number of fused-ring (bicyclic) bond motifs is 2. The summed E-state index contributed by atoms with van der Waals surface area (Å²) in [5.41, 5.74) is 1.12. The Hall–Kier alpha value is -4.30. The molecule has 5 aromatic rings. The summed E-state index contributed by atoms with van der Waals surface area (Å²) in [7, 11) is 1.76. The van der Waals surface area contributed by atoms with Crippen molar-refractivity contribution < 1.29 is 0 Å². The largest absolute Gasteiger partial charge is 0.333 e. The van der Waals surface area contributed by atoms with E-state index in [1.165, 1.54) is 10.9 Å². The van der Waals surface area contributed by atoms with Crippen molar-refractivity contribution in [2.45, 2.75) is 33.5 Å². The van der Waals surface area contributed by atoms with E-state index in [0.717, 1.165) is 21.0 Å². The second-order valence-corrected chi connectivity index (χ2v) is 9.37. The van der Waals surface area contributed by atoms with E-state index >= 15 is 0 Å². The third-order valence-corrected chi connectivity index (χ3v) is 6.16. The highest BCUT2D eigenvalue weighted by Gasteiger charge is 2.26. The number of nitriles is 1. The molecule has 0 aliphatic heterocycles. The number of hydrogen-bond donors (Lipinski definition) is 0. The van der Waals surface area contributed by atoms with Gasteiger partial charge < -0.3 is 4.57 Å². The molecule has 0 unspecified atom stereocenters. The third kappa shape index (κ3) is 3.85. The number of halogens is 1. The molecule has 0 amide bonds. The van der Waals surface area contributed by atoms with Gasteiger partial charge in [-0.15, -0.1) is 10.2 Å². The fourth-order valence-electron chi connectivity index (χ4n) is 4.35. The Labute approximate surface area is 209 Å². The fourth-order valence-corrected chi connectivity index (χ4v) is 4.52. The smallest absolute Gasteiger partial charge is 0.315 e. The van der Waals surface area contributed by atoms with Gasteiger partial charge in [-0.25, -0.2) is 9.36 Å². The predicted octanol–water partition coefficient (Wildman–Crippen LogP) is 2.58. The Morgan fingerprint density at radius 3 is 2.67 bits per heavy atom. The number of aryl methyl sites for hydroxylation is 1. The van der Waals surface area contributed by atoms with Gasteiger partial charge in [-0.05, 0) is 35.7 Å². The molecule has 182 valence electrons. The van der Waals surface area contributed by atoms with Crippen molar-refractivity contribution >= 4 is 33.5 Å². The van der Waals surface area contributed by atoms with Crippen LogP contribution in [0, 0.1) is 17.2 Å². The van der Waals surface area contributed by atoms with E-state index in [4.69, 9.17) is 16.7 Å². The van der Waals surface area contributed by atoms with Crippen LogP contribution in [0.4, 0.5) is 0 Å². The SMILES string of the molecule is CC(C)Cn1c(=O)n(CC#N)c(=O)c2c(-c3nncn3C)n(Cc3ccnc4ccc(Cl)cc34)nc21. The van der Waals surface area contributed by atoms with Gasteiger partial charge in [0.2, 0.25) is 0 Å². The van der Waals surface area contributed by atoms with Crippen LogP contribution in [-0.4, -0.2) is 38.7 Å². The molecule has 0 fully saturated rings. The lowest BCUT2D eigenvalue weighted by Crippen LogP contribution is -2.40. The quantitative estimate of drug-likeness (QED) is 0.348. The van der Waals surface area contributed by atoms with Crippen LogP contribution in [0.15, 0.2) is 46.4 Å². The first-order valence-corrected chi connectivity index (χ1v) is 11.7. The van der Waals surface area contributed by atoms with Gasteiger partial charge in [-0.2, -0.15) is 10.4 Å². The Morgan fingerprint density at radius 1 is 1.17 bits per heavy atom. The molecule has 12 heteroatoms. The van der Waals surface area contributed by atoms with Crippen molar-refractivity contribution in [1.29, 1.82) is 5.26 Å². The van der Waals surface area contributed by atoms with Crippen LogP contribution in [-0.2, 0) is 26.7 Å². The maximum absolute atomic E-state index is 13.6. The average molecular weight is 504 g/mol. The number of nitrogens with zero attached hydrogens (tertiary/aromatic N) is 9. The number of aromatic nitrogens is 8. The van der Waals surface area contributed by atoms with Crippen molar-refractivity contribution in [3.8, 4) is 17.6 Å². The highest BCUT2D eigenvalue weighted by Crippen LogP contribution is 2.28. The summed E-state index contributed by atoms with van der Waals surface area (Å²) in [6, 6.07) is 9.22. The van der Waals surface area contributed by atoms with Crippen molar-refractivity contribution in [2.75, 3.05) is 0 Å². The molecule has 0 aliphatic carbocycles. The van der Waals surface area contributed by atoms with E-state index in [-0.39, 0.29) is 30.0 Å². The fraction of sp³-hybridized carbons (Fsp3) is 0.292. The Kier molecular flexibility index (Phi) is 5.89. The monoisotopic (exact) mass is 503 g/mol. The summed E-state index contributed by atoms with van der Waals surface area (Å²) >= 11 is 6.27. The molecule has 11 nitrogen and oxygen atoms in total. The number of benzene rings is 1. The molecule has 0 N–H and O–H groups in total. The molecule has 4 heterocycles. The van der Waals surface area contributed by atoms with E-state index in [0.29, 0.717) is 23.1 Å². The molecule has 0 radical (unpaired) electrons. The van der Waals surface area contributed by atoms with Crippen molar-refractivity contribution in [3.63, 3.8) is 0 Å². The van der Waals surface area contributed by atoms with Crippen LogP contribution in [0.2, 0.25) is 5.02 Å². The summed E-state index contributed by atoms with van der Waals surface area (Å²) in [6.45, 7) is 4.13. The van der Waals surface area contributed by atoms with Gasteiger partial charge in [-0.1, -0.05) is 25.4 Å². The molecule has 5 rings (SSSR count). The van der Waals surface area contributed by atoms with E-state index in [9.17, 15) is 14.9 Å². The Morgan fingerprint density at radius 2 is 1.97 bits per heavy atom. The topological polar surface area (TPSA) is 129 Å². The minimum absolute atomic E-state index is 0.0913.